The summed E-state index contributed by atoms with van der Waals surface area (Å²) in [6.45, 7) is -0.0512. The van der Waals surface area contributed by atoms with Gasteiger partial charge >= 0.3 is 0 Å². The summed E-state index contributed by atoms with van der Waals surface area (Å²) in [5.74, 6) is -0.403. The molecule has 0 saturated heterocycles. The maximum absolute atomic E-state index is 13.6. The van der Waals surface area contributed by atoms with E-state index in [1.54, 1.807) is 18.2 Å². The highest BCUT2D eigenvalue weighted by molar-refractivity contribution is 5.34. The Hall–Kier alpha value is -1.79. The molecule has 0 fully saturated rings. The minimum atomic E-state index is -0.403. The lowest BCUT2D eigenvalue weighted by molar-refractivity contribution is 0.175. The molecule has 1 aromatic heterocycles. The highest BCUT2D eigenvalue weighted by Gasteiger charge is 2.15. The van der Waals surface area contributed by atoms with Gasteiger partial charge in [-0.3, -0.25) is 0 Å². The molecule has 0 atom stereocenters. The van der Waals surface area contributed by atoms with Crippen molar-refractivity contribution in [2.24, 2.45) is 0 Å². The Morgan fingerprint density at radius 2 is 2.18 bits per heavy atom. The van der Waals surface area contributed by atoms with Crippen LogP contribution in [-0.2, 0) is 18.0 Å². The third-order valence-corrected chi connectivity index (χ3v) is 2.36. The molecule has 0 aliphatic rings. The fourth-order valence-corrected chi connectivity index (χ4v) is 1.55. The standard InChI is InChI=1S/C11H12FN3O2/c1-17-7-11-9(6-16)13-14-15(11)10-5-3-2-4-8(10)12/h2-5,16H,6-7H2,1H3. The smallest absolute Gasteiger partial charge is 0.148 e. The summed E-state index contributed by atoms with van der Waals surface area (Å²) >= 11 is 0. The van der Waals surface area contributed by atoms with Gasteiger partial charge in [0, 0.05) is 7.11 Å². The molecule has 0 aliphatic carbocycles. The van der Waals surface area contributed by atoms with Gasteiger partial charge in [-0.15, -0.1) is 5.10 Å². The average molecular weight is 237 g/mol. The molecule has 2 rings (SSSR count). The molecule has 0 spiro atoms. The Balaban J connectivity index is 2.52. The van der Waals surface area contributed by atoms with Crippen LogP contribution < -0.4 is 0 Å². The summed E-state index contributed by atoms with van der Waals surface area (Å²) in [6, 6.07) is 6.23. The Kier molecular flexibility index (Phi) is 3.46. The molecule has 0 bridgehead atoms. The van der Waals surface area contributed by atoms with E-state index in [0.717, 1.165) is 0 Å². The number of methoxy groups -OCH3 is 1. The summed E-state index contributed by atoms with van der Waals surface area (Å²) in [5, 5.41) is 16.7. The van der Waals surface area contributed by atoms with E-state index in [9.17, 15) is 4.39 Å². The number of aliphatic hydroxyl groups excluding tert-OH is 1. The van der Waals surface area contributed by atoms with Crippen LogP contribution in [0.4, 0.5) is 4.39 Å². The van der Waals surface area contributed by atoms with Crippen molar-refractivity contribution < 1.29 is 14.2 Å². The SMILES string of the molecule is COCc1c(CO)nnn1-c1ccccc1F. The lowest BCUT2D eigenvalue weighted by atomic mass is 10.3. The molecule has 1 N–H and O–H groups in total. The van der Waals surface area contributed by atoms with Gasteiger partial charge in [0.25, 0.3) is 0 Å². The molecule has 1 aromatic carbocycles. The lowest BCUT2D eigenvalue weighted by Gasteiger charge is -2.07. The van der Waals surface area contributed by atoms with Crippen LogP contribution in [0.3, 0.4) is 0 Å². The number of aromatic nitrogens is 3. The van der Waals surface area contributed by atoms with Crippen molar-refractivity contribution in [2.75, 3.05) is 7.11 Å². The monoisotopic (exact) mass is 237 g/mol. The fourth-order valence-electron chi connectivity index (χ4n) is 1.55. The third-order valence-electron chi connectivity index (χ3n) is 2.36. The Morgan fingerprint density at radius 3 is 2.82 bits per heavy atom. The van der Waals surface area contributed by atoms with E-state index in [0.29, 0.717) is 11.4 Å². The van der Waals surface area contributed by atoms with Crippen molar-refractivity contribution in [3.63, 3.8) is 0 Å². The van der Waals surface area contributed by atoms with Crippen molar-refractivity contribution in [2.45, 2.75) is 13.2 Å². The van der Waals surface area contributed by atoms with E-state index >= 15 is 0 Å². The Labute approximate surface area is 97.5 Å². The lowest BCUT2D eigenvalue weighted by Crippen LogP contribution is -2.06. The number of halogens is 1. The molecule has 2 aromatic rings. The van der Waals surface area contributed by atoms with Crippen LogP contribution in [-0.4, -0.2) is 27.2 Å². The van der Waals surface area contributed by atoms with Crippen LogP contribution in [0.2, 0.25) is 0 Å². The van der Waals surface area contributed by atoms with Crippen molar-refractivity contribution in [3.8, 4) is 5.69 Å². The van der Waals surface area contributed by atoms with Gasteiger partial charge in [0.15, 0.2) is 0 Å². The van der Waals surface area contributed by atoms with Crippen LogP contribution in [0, 0.1) is 5.82 Å². The van der Waals surface area contributed by atoms with Crippen molar-refractivity contribution in [3.05, 3.63) is 41.5 Å². The quantitative estimate of drug-likeness (QED) is 0.863. The zero-order chi connectivity index (χ0) is 12.3. The van der Waals surface area contributed by atoms with E-state index in [1.165, 1.54) is 17.9 Å². The van der Waals surface area contributed by atoms with Crippen LogP contribution in [0.15, 0.2) is 24.3 Å². The molecule has 0 aliphatic heterocycles. The van der Waals surface area contributed by atoms with E-state index < -0.39 is 5.82 Å². The second-order valence-corrected chi connectivity index (χ2v) is 3.44. The topological polar surface area (TPSA) is 60.2 Å². The number of aliphatic hydroxyl groups is 1. The highest BCUT2D eigenvalue weighted by atomic mass is 19.1. The van der Waals surface area contributed by atoms with Gasteiger partial charge in [-0.25, -0.2) is 9.07 Å². The van der Waals surface area contributed by atoms with E-state index in [1.807, 2.05) is 0 Å². The van der Waals surface area contributed by atoms with Gasteiger partial charge in [-0.1, -0.05) is 17.3 Å². The van der Waals surface area contributed by atoms with Crippen LogP contribution >= 0.6 is 0 Å². The van der Waals surface area contributed by atoms with Gasteiger partial charge in [0.05, 0.1) is 18.9 Å². The predicted octanol–water partition coefficient (Wildman–Crippen LogP) is 1.05. The molecule has 0 saturated carbocycles. The normalized spacial score (nSPS) is 10.8. The first-order valence-electron chi connectivity index (χ1n) is 5.06. The zero-order valence-electron chi connectivity index (χ0n) is 9.30. The molecular weight excluding hydrogens is 225 g/mol. The molecule has 17 heavy (non-hydrogen) atoms. The van der Waals surface area contributed by atoms with Gasteiger partial charge in [0.2, 0.25) is 0 Å². The fraction of sp³-hybridized carbons (Fsp3) is 0.273. The van der Waals surface area contributed by atoms with Gasteiger partial charge in [0.1, 0.15) is 17.2 Å². The van der Waals surface area contributed by atoms with Crippen molar-refractivity contribution in [1.29, 1.82) is 0 Å². The summed E-state index contributed by atoms with van der Waals surface area (Å²) < 4.78 is 20.0. The van der Waals surface area contributed by atoms with E-state index in [-0.39, 0.29) is 18.9 Å². The molecule has 1 heterocycles. The molecule has 0 radical (unpaired) electrons. The third kappa shape index (κ3) is 2.17. The van der Waals surface area contributed by atoms with Gasteiger partial charge < -0.3 is 9.84 Å². The van der Waals surface area contributed by atoms with Crippen LogP contribution in [0.1, 0.15) is 11.4 Å². The first kappa shape index (κ1) is 11.7. The molecule has 0 amide bonds. The molecular formula is C11H12FN3O2. The average Bonchev–Trinajstić information content (AvgIpc) is 2.73. The molecule has 0 unspecified atom stereocenters. The van der Waals surface area contributed by atoms with Gasteiger partial charge in [-0.05, 0) is 12.1 Å². The zero-order valence-corrected chi connectivity index (χ0v) is 9.30. The second-order valence-electron chi connectivity index (χ2n) is 3.44. The largest absolute Gasteiger partial charge is 0.390 e. The summed E-state index contributed by atoms with van der Waals surface area (Å²) in [4.78, 5) is 0. The summed E-state index contributed by atoms with van der Waals surface area (Å²) in [7, 11) is 1.51. The number of rotatable bonds is 4. The number of hydrogen-bond donors (Lipinski definition) is 1. The first-order valence-corrected chi connectivity index (χ1v) is 5.06. The Bertz CT molecular complexity index is 513. The number of nitrogens with zero attached hydrogens (tertiary/aromatic N) is 3. The minimum absolute atomic E-state index is 0.206. The maximum atomic E-state index is 13.6. The van der Waals surface area contributed by atoms with E-state index in [4.69, 9.17) is 9.84 Å². The number of benzene rings is 1. The van der Waals surface area contributed by atoms with Crippen molar-refractivity contribution in [1.82, 2.24) is 15.0 Å². The van der Waals surface area contributed by atoms with E-state index in [2.05, 4.69) is 10.3 Å². The van der Waals surface area contributed by atoms with Gasteiger partial charge in [-0.2, -0.15) is 0 Å². The molecule has 90 valence electrons. The number of hydrogen-bond acceptors (Lipinski definition) is 4. The number of ether oxygens (including phenoxy) is 1. The number of para-hydroxylation sites is 1. The summed E-state index contributed by atoms with van der Waals surface area (Å²) in [5.41, 5.74) is 1.21. The predicted molar refractivity (Wildman–Crippen MR) is 58.0 cm³/mol. The minimum Gasteiger partial charge on any atom is -0.390 e. The maximum Gasteiger partial charge on any atom is 0.148 e. The Morgan fingerprint density at radius 1 is 1.41 bits per heavy atom. The second kappa shape index (κ2) is 5.03. The van der Waals surface area contributed by atoms with Crippen LogP contribution in [0.25, 0.3) is 5.69 Å². The van der Waals surface area contributed by atoms with Crippen LogP contribution in [0.5, 0.6) is 0 Å². The molecule has 5 nitrogen and oxygen atoms in total. The van der Waals surface area contributed by atoms with Crippen molar-refractivity contribution >= 4 is 0 Å². The first-order chi connectivity index (χ1) is 8.27. The summed E-state index contributed by atoms with van der Waals surface area (Å²) in [6.07, 6.45) is 0. The molecule has 6 heteroatoms. The highest BCUT2D eigenvalue weighted by Crippen LogP contribution is 2.16.